The van der Waals surface area contributed by atoms with Gasteiger partial charge in [0.1, 0.15) is 15.7 Å². The van der Waals surface area contributed by atoms with Gasteiger partial charge in [0, 0.05) is 11.8 Å². The number of aromatic nitrogens is 1. The van der Waals surface area contributed by atoms with Crippen LogP contribution in [0.1, 0.15) is 44.6 Å². The van der Waals surface area contributed by atoms with Crippen LogP contribution in [0.15, 0.2) is 72.9 Å². The normalized spacial score (nSPS) is 11.4. The van der Waals surface area contributed by atoms with E-state index in [1.54, 1.807) is 0 Å². The van der Waals surface area contributed by atoms with E-state index in [-0.39, 0.29) is 5.21 Å². The third-order valence-electron chi connectivity index (χ3n) is 5.48. The molecule has 0 amide bonds. The van der Waals surface area contributed by atoms with Gasteiger partial charge in [-0.1, -0.05) is 104 Å². The van der Waals surface area contributed by atoms with Gasteiger partial charge in [-0.2, -0.15) is 0 Å². The van der Waals surface area contributed by atoms with Crippen LogP contribution >= 0.6 is 0 Å². The first-order valence-electron chi connectivity index (χ1n) is 10.2. The molecule has 1 aromatic heterocycles. The zero-order valence-corrected chi connectivity index (χ0v) is 16.9. The van der Waals surface area contributed by atoms with Crippen molar-refractivity contribution < 1.29 is 0 Å². The Kier molecular flexibility index (Phi) is 6.55. The predicted molar refractivity (Wildman–Crippen MR) is 123 cm³/mol. The number of pyridine rings is 1. The number of unbranched alkanes of at least 4 members (excludes halogenated alkanes) is 3. The Bertz CT molecular complexity index is 842. The molecule has 3 heteroatoms. The Labute approximate surface area is 166 Å². The van der Waals surface area contributed by atoms with Crippen molar-refractivity contribution in [3.8, 4) is 22.4 Å². The second-order valence-corrected chi connectivity index (χ2v) is 8.07. The van der Waals surface area contributed by atoms with Crippen LogP contribution in [0.25, 0.3) is 22.4 Å². The molecule has 0 saturated carbocycles. The van der Waals surface area contributed by atoms with Crippen molar-refractivity contribution in [1.29, 1.82) is 0 Å². The molecular formula is C24H29B2N. The molecule has 0 bridgehead atoms. The van der Waals surface area contributed by atoms with Gasteiger partial charge >= 0.3 is 0 Å². The van der Waals surface area contributed by atoms with E-state index in [0.29, 0.717) is 0 Å². The summed E-state index contributed by atoms with van der Waals surface area (Å²) in [6.07, 6.45) is 8.46. The molecular weight excluding hydrogens is 324 g/mol. The molecule has 0 aliphatic heterocycles. The van der Waals surface area contributed by atoms with Gasteiger partial charge in [0.25, 0.3) is 0 Å². The van der Waals surface area contributed by atoms with Gasteiger partial charge in [-0.05, 0) is 23.3 Å². The van der Waals surface area contributed by atoms with Crippen LogP contribution in [-0.4, -0.2) is 20.7 Å². The largest absolute Gasteiger partial charge is 0.256 e. The van der Waals surface area contributed by atoms with E-state index in [1.807, 2.05) is 12.3 Å². The highest BCUT2D eigenvalue weighted by Gasteiger charge is 2.20. The zero-order chi connectivity index (χ0) is 19.1. The van der Waals surface area contributed by atoms with Crippen LogP contribution in [0, 0.1) is 0 Å². The Balaban J connectivity index is 1.76. The van der Waals surface area contributed by atoms with Gasteiger partial charge in [0.2, 0.25) is 0 Å². The van der Waals surface area contributed by atoms with E-state index in [1.165, 1.54) is 48.8 Å². The van der Waals surface area contributed by atoms with Gasteiger partial charge in [0.05, 0.1) is 5.69 Å². The van der Waals surface area contributed by atoms with Gasteiger partial charge in [-0.25, -0.2) is 0 Å². The molecule has 0 unspecified atom stereocenters. The summed E-state index contributed by atoms with van der Waals surface area (Å²) in [5.74, 6) is 0. The van der Waals surface area contributed by atoms with Crippen molar-refractivity contribution in [2.24, 2.45) is 0 Å². The summed E-state index contributed by atoms with van der Waals surface area (Å²) in [5, 5.41) is 0.236. The van der Waals surface area contributed by atoms with Crippen LogP contribution in [0.5, 0.6) is 0 Å². The quantitative estimate of drug-likeness (QED) is 0.419. The molecule has 0 spiro atoms. The number of hydrogen-bond acceptors (Lipinski definition) is 1. The molecule has 0 fully saturated rings. The van der Waals surface area contributed by atoms with Gasteiger partial charge in [0.15, 0.2) is 0 Å². The Morgan fingerprint density at radius 1 is 0.778 bits per heavy atom. The second-order valence-electron chi connectivity index (χ2n) is 8.07. The molecule has 0 atom stereocenters. The van der Waals surface area contributed by atoms with Crippen LogP contribution in [-0.2, 0) is 5.21 Å². The van der Waals surface area contributed by atoms with Crippen LogP contribution < -0.4 is 0 Å². The number of hydrogen-bond donors (Lipinski definition) is 0. The van der Waals surface area contributed by atoms with Crippen LogP contribution in [0.4, 0.5) is 0 Å². The summed E-state index contributed by atoms with van der Waals surface area (Å²) in [6.45, 7) is 2.27. The van der Waals surface area contributed by atoms with Crippen LogP contribution in [0.2, 0.25) is 0 Å². The van der Waals surface area contributed by atoms with Crippen LogP contribution in [0.3, 0.4) is 0 Å². The summed E-state index contributed by atoms with van der Waals surface area (Å²) in [5.41, 5.74) is 6.08. The molecule has 0 aliphatic rings. The highest BCUT2D eigenvalue weighted by Crippen LogP contribution is 2.28. The zero-order valence-electron chi connectivity index (χ0n) is 16.9. The topological polar surface area (TPSA) is 12.9 Å². The third kappa shape index (κ3) is 5.13. The molecule has 0 radical (unpaired) electrons. The minimum absolute atomic E-state index is 0.236. The van der Waals surface area contributed by atoms with Crippen molar-refractivity contribution in [3.63, 3.8) is 0 Å². The standard InChI is InChI=1S/C24H29B2N/c1-2-3-4-8-16-24(25,26)22-13-11-19(12-14-22)21-15-17-27-23(18-21)20-9-6-5-7-10-20/h5-7,9-15,17-18H,2-4,8,16,25-26H2,1H3. The van der Waals surface area contributed by atoms with E-state index in [2.05, 4.69) is 88.3 Å². The predicted octanol–water partition coefficient (Wildman–Crippen LogP) is 4.81. The molecule has 0 aliphatic carbocycles. The first-order valence-corrected chi connectivity index (χ1v) is 10.2. The lowest BCUT2D eigenvalue weighted by Crippen LogP contribution is -2.26. The lowest BCUT2D eigenvalue weighted by Gasteiger charge is -2.25. The minimum atomic E-state index is 0.236. The summed E-state index contributed by atoms with van der Waals surface area (Å²) >= 11 is 0. The average Bonchev–Trinajstić information content (AvgIpc) is 2.72. The maximum absolute atomic E-state index is 4.54. The van der Waals surface area contributed by atoms with Crippen molar-refractivity contribution >= 4 is 15.7 Å². The molecule has 136 valence electrons. The number of benzene rings is 2. The average molecular weight is 353 g/mol. The van der Waals surface area contributed by atoms with Crippen molar-refractivity contribution in [1.82, 2.24) is 4.98 Å². The fourth-order valence-electron chi connectivity index (χ4n) is 3.63. The molecule has 3 aromatic rings. The van der Waals surface area contributed by atoms with Crippen molar-refractivity contribution in [3.05, 3.63) is 78.5 Å². The van der Waals surface area contributed by atoms with Gasteiger partial charge in [-0.15, -0.1) is 0 Å². The minimum Gasteiger partial charge on any atom is -0.256 e. The van der Waals surface area contributed by atoms with E-state index < -0.39 is 0 Å². The molecule has 3 rings (SSSR count). The maximum atomic E-state index is 4.54. The van der Waals surface area contributed by atoms with E-state index >= 15 is 0 Å². The highest BCUT2D eigenvalue weighted by atomic mass is 14.7. The van der Waals surface area contributed by atoms with E-state index in [4.69, 9.17) is 0 Å². The summed E-state index contributed by atoms with van der Waals surface area (Å²) in [4.78, 5) is 4.54. The second kappa shape index (κ2) is 9.08. The van der Waals surface area contributed by atoms with Gasteiger partial charge < -0.3 is 0 Å². The number of rotatable bonds is 8. The Morgan fingerprint density at radius 3 is 2.22 bits per heavy atom. The first-order chi connectivity index (χ1) is 13.1. The summed E-state index contributed by atoms with van der Waals surface area (Å²) in [6, 6.07) is 23.8. The fraction of sp³-hybridized carbons (Fsp3) is 0.292. The molecule has 27 heavy (non-hydrogen) atoms. The molecule has 1 heterocycles. The molecule has 2 aromatic carbocycles. The maximum Gasteiger partial charge on any atom is 0.104 e. The van der Waals surface area contributed by atoms with Crippen molar-refractivity contribution in [2.45, 2.75) is 44.2 Å². The van der Waals surface area contributed by atoms with Gasteiger partial charge in [-0.3, -0.25) is 4.98 Å². The molecule has 1 nitrogen and oxygen atoms in total. The first kappa shape index (κ1) is 19.5. The lowest BCUT2D eigenvalue weighted by molar-refractivity contribution is 0.600. The molecule has 0 N–H and O–H groups in total. The van der Waals surface area contributed by atoms with E-state index in [9.17, 15) is 0 Å². The Morgan fingerprint density at radius 2 is 1.52 bits per heavy atom. The summed E-state index contributed by atoms with van der Waals surface area (Å²) in [7, 11) is 4.74. The Hall–Kier alpha value is -2.28. The highest BCUT2D eigenvalue weighted by molar-refractivity contribution is 6.40. The monoisotopic (exact) mass is 353 g/mol. The SMILES string of the molecule is BC(B)(CCCCCC)c1ccc(-c2ccnc(-c3ccccc3)c2)cc1. The van der Waals surface area contributed by atoms with E-state index in [0.717, 1.165) is 11.3 Å². The molecule has 0 saturated heterocycles. The fourth-order valence-corrected chi connectivity index (χ4v) is 3.63. The lowest BCUT2D eigenvalue weighted by atomic mass is 9.49. The smallest absolute Gasteiger partial charge is 0.104 e. The summed E-state index contributed by atoms with van der Waals surface area (Å²) < 4.78 is 0. The van der Waals surface area contributed by atoms with Crippen molar-refractivity contribution in [2.75, 3.05) is 0 Å². The number of nitrogens with zero attached hydrogens (tertiary/aromatic N) is 1. The third-order valence-corrected chi connectivity index (χ3v) is 5.48.